The van der Waals surface area contributed by atoms with Crippen molar-refractivity contribution in [2.24, 2.45) is 5.92 Å². The van der Waals surface area contributed by atoms with Crippen LogP contribution in [0, 0.1) is 24.2 Å². The first-order valence-corrected chi connectivity index (χ1v) is 11.5. The molecule has 1 aliphatic carbocycles. The lowest BCUT2D eigenvalue weighted by Crippen LogP contribution is -2.47. The van der Waals surface area contributed by atoms with Crippen LogP contribution in [0.1, 0.15) is 34.7 Å². The van der Waals surface area contributed by atoms with Gasteiger partial charge >= 0.3 is 0 Å². The predicted molar refractivity (Wildman–Crippen MR) is 125 cm³/mol. The second-order valence-corrected chi connectivity index (χ2v) is 9.29. The number of likely N-dealkylation sites (tertiary alicyclic amines) is 1. The van der Waals surface area contributed by atoms with E-state index < -0.39 is 0 Å². The Morgan fingerprint density at radius 2 is 2.03 bits per heavy atom. The van der Waals surface area contributed by atoms with E-state index >= 15 is 0 Å². The summed E-state index contributed by atoms with van der Waals surface area (Å²) in [6.45, 7) is 5.20. The summed E-state index contributed by atoms with van der Waals surface area (Å²) in [7, 11) is 1.83. The fourth-order valence-corrected chi connectivity index (χ4v) is 5.55. The van der Waals surface area contributed by atoms with Gasteiger partial charge in [-0.3, -0.25) is 0 Å². The minimum atomic E-state index is 0.135. The van der Waals surface area contributed by atoms with E-state index in [4.69, 9.17) is 4.74 Å². The number of ether oxygens (including phenoxy) is 1. The zero-order valence-corrected chi connectivity index (χ0v) is 18.9. The molecule has 0 spiro atoms. The van der Waals surface area contributed by atoms with Crippen molar-refractivity contribution in [2.75, 3.05) is 26.7 Å². The highest BCUT2D eigenvalue weighted by molar-refractivity contribution is 5.56. The molecule has 0 unspecified atom stereocenters. The van der Waals surface area contributed by atoms with E-state index in [2.05, 4.69) is 70.0 Å². The Hall–Kier alpha value is -2.94. The molecular weight excluding hydrogens is 396 g/mol. The van der Waals surface area contributed by atoms with Crippen molar-refractivity contribution in [3.05, 3.63) is 77.1 Å². The number of benzene rings is 2. The summed E-state index contributed by atoms with van der Waals surface area (Å²) in [5.41, 5.74) is 5.94. The van der Waals surface area contributed by atoms with Crippen LogP contribution in [0.25, 0.3) is 11.4 Å². The molecule has 1 fully saturated rings. The van der Waals surface area contributed by atoms with E-state index in [9.17, 15) is 5.26 Å². The van der Waals surface area contributed by atoms with Crippen molar-refractivity contribution in [3.63, 3.8) is 0 Å². The van der Waals surface area contributed by atoms with Gasteiger partial charge in [-0.1, -0.05) is 29.8 Å². The molecule has 164 valence electrons. The smallest absolute Gasteiger partial charge is 0.140 e. The Bertz CT molecular complexity index is 1140. The zero-order valence-electron chi connectivity index (χ0n) is 18.9. The third kappa shape index (κ3) is 4.09. The van der Waals surface area contributed by atoms with Gasteiger partial charge in [-0.2, -0.15) is 5.26 Å². The monoisotopic (exact) mass is 426 g/mol. The number of nitriles is 1. The van der Waals surface area contributed by atoms with Crippen molar-refractivity contribution >= 4 is 0 Å². The average molecular weight is 427 g/mol. The van der Waals surface area contributed by atoms with Gasteiger partial charge < -0.3 is 14.2 Å². The highest BCUT2D eigenvalue weighted by atomic mass is 16.5. The summed E-state index contributed by atoms with van der Waals surface area (Å²) >= 11 is 0. The first-order chi connectivity index (χ1) is 15.6. The number of fused-ring (bicyclic) bond motifs is 1. The van der Waals surface area contributed by atoms with Gasteiger partial charge in [0, 0.05) is 44.7 Å². The number of aromatic nitrogens is 2. The Balaban J connectivity index is 1.27. The first-order valence-electron chi connectivity index (χ1n) is 11.5. The molecule has 2 aromatic carbocycles. The molecule has 5 rings (SSSR count). The van der Waals surface area contributed by atoms with Crippen molar-refractivity contribution < 1.29 is 4.74 Å². The van der Waals surface area contributed by atoms with Crippen LogP contribution in [0.4, 0.5) is 0 Å². The second kappa shape index (κ2) is 8.90. The maximum atomic E-state index is 9.18. The van der Waals surface area contributed by atoms with Gasteiger partial charge in [0.2, 0.25) is 0 Å². The molecule has 5 nitrogen and oxygen atoms in total. The molecule has 5 heteroatoms. The normalized spacial score (nSPS) is 23.1. The van der Waals surface area contributed by atoms with E-state index in [-0.39, 0.29) is 12.1 Å². The van der Waals surface area contributed by atoms with Crippen LogP contribution in [0.5, 0.6) is 0 Å². The summed E-state index contributed by atoms with van der Waals surface area (Å²) in [5, 5.41) is 9.18. The van der Waals surface area contributed by atoms with Gasteiger partial charge in [0.05, 0.1) is 23.8 Å². The molecule has 1 aromatic heterocycles. The van der Waals surface area contributed by atoms with E-state index in [0.717, 1.165) is 55.8 Å². The number of imidazole rings is 1. The summed E-state index contributed by atoms with van der Waals surface area (Å²) in [6, 6.07) is 17.3. The standard InChI is InChI=1S/C27H30N4O/c1-19-4-3-5-23(12-19)27-29-9-11-31(27)25-8-10-30(18-26(25)32-2)17-21-14-22-7-6-20(16-28)13-24(22)15-21/h3-7,9,11-13,21,25-26H,8,10,14-15,17-18H2,1-2H3/t21-,25+,26+/m0/s1. The molecule has 0 saturated carbocycles. The Kier molecular flexibility index (Phi) is 5.82. The fourth-order valence-electron chi connectivity index (χ4n) is 5.55. The maximum absolute atomic E-state index is 9.18. The lowest BCUT2D eigenvalue weighted by Gasteiger charge is -2.39. The maximum Gasteiger partial charge on any atom is 0.140 e. The van der Waals surface area contributed by atoms with Crippen LogP contribution in [-0.4, -0.2) is 47.3 Å². The van der Waals surface area contributed by atoms with Crippen LogP contribution >= 0.6 is 0 Å². The number of hydrogen-bond acceptors (Lipinski definition) is 4. The molecule has 2 heterocycles. The Morgan fingerprint density at radius 1 is 1.16 bits per heavy atom. The third-order valence-electron chi connectivity index (χ3n) is 7.08. The molecule has 0 amide bonds. The molecule has 3 atom stereocenters. The first kappa shape index (κ1) is 20.9. The molecule has 3 aromatic rings. The predicted octanol–water partition coefficient (Wildman–Crippen LogP) is 4.41. The molecule has 1 aliphatic heterocycles. The topological polar surface area (TPSA) is 54.1 Å². The second-order valence-electron chi connectivity index (χ2n) is 9.29. The number of hydrogen-bond donors (Lipinski definition) is 0. The molecule has 1 saturated heterocycles. The van der Waals surface area contributed by atoms with E-state index in [0.29, 0.717) is 5.92 Å². The van der Waals surface area contributed by atoms with Gasteiger partial charge in [0.1, 0.15) is 5.82 Å². The fraction of sp³-hybridized carbons (Fsp3) is 0.407. The Morgan fingerprint density at radius 3 is 2.84 bits per heavy atom. The lowest BCUT2D eigenvalue weighted by molar-refractivity contribution is -0.00942. The number of methoxy groups -OCH3 is 1. The van der Waals surface area contributed by atoms with Gasteiger partial charge in [0.15, 0.2) is 0 Å². The third-order valence-corrected chi connectivity index (χ3v) is 7.08. The zero-order chi connectivity index (χ0) is 22.1. The molecule has 32 heavy (non-hydrogen) atoms. The molecular formula is C27H30N4O. The van der Waals surface area contributed by atoms with Gasteiger partial charge in [0.25, 0.3) is 0 Å². The Labute approximate surface area is 190 Å². The van der Waals surface area contributed by atoms with Crippen molar-refractivity contribution in [3.8, 4) is 17.5 Å². The molecule has 0 N–H and O–H groups in total. The van der Waals surface area contributed by atoms with Gasteiger partial charge in [-0.15, -0.1) is 0 Å². The van der Waals surface area contributed by atoms with Crippen LogP contribution < -0.4 is 0 Å². The van der Waals surface area contributed by atoms with Crippen LogP contribution in [-0.2, 0) is 17.6 Å². The molecule has 0 bridgehead atoms. The van der Waals surface area contributed by atoms with Gasteiger partial charge in [-0.05, 0) is 61.4 Å². The number of piperidine rings is 1. The summed E-state index contributed by atoms with van der Waals surface area (Å²) in [6.07, 6.45) is 7.37. The van der Waals surface area contributed by atoms with Gasteiger partial charge in [-0.25, -0.2) is 4.98 Å². The lowest BCUT2D eigenvalue weighted by atomic mass is 9.98. The number of nitrogens with zero attached hydrogens (tertiary/aromatic N) is 4. The number of rotatable bonds is 5. The highest BCUT2D eigenvalue weighted by Crippen LogP contribution is 2.33. The van der Waals surface area contributed by atoms with Crippen LogP contribution in [0.3, 0.4) is 0 Å². The minimum absolute atomic E-state index is 0.135. The average Bonchev–Trinajstić information content (AvgIpc) is 3.45. The minimum Gasteiger partial charge on any atom is -0.378 e. The molecule has 2 aliphatic rings. The van der Waals surface area contributed by atoms with Crippen molar-refractivity contribution in [1.29, 1.82) is 5.26 Å². The van der Waals surface area contributed by atoms with Crippen LogP contribution in [0.15, 0.2) is 54.9 Å². The summed E-state index contributed by atoms with van der Waals surface area (Å²) in [4.78, 5) is 7.25. The van der Waals surface area contributed by atoms with Crippen molar-refractivity contribution in [1.82, 2.24) is 14.5 Å². The van der Waals surface area contributed by atoms with E-state index in [1.54, 1.807) is 0 Å². The molecule has 0 radical (unpaired) electrons. The van der Waals surface area contributed by atoms with Crippen molar-refractivity contribution in [2.45, 2.75) is 38.3 Å². The van der Waals surface area contributed by atoms with E-state index in [1.807, 2.05) is 19.4 Å². The SMILES string of the molecule is CO[C@@H]1CN(C[C@H]2Cc3ccc(C#N)cc3C2)CC[C@H]1n1ccnc1-c1cccc(C)c1. The van der Waals surface area contributed by atoms with E-state index in [1.165, 1.54) is 16.7 Å². The summed E-state index contributed by atoms with van der Waals surface area (Å²) in [5.74, 6) is 1.64. The number of aryl methyl sites for hydroxylation is 1. The van der Waals surface area contributed by atoms with Crippen LogP contribution in [0.2, 0.25) is 0 Å². The highest BCUT2D eigenvalue weighted by Gasteiger charge is 2.33. The summed E-state index contributed by atoms with van der Waals surface area (Å²) < 4.78 is 8.32. The quantitative estimate of drug-likeness (QED) is 0.607. The largest absolute Gasteiger partial charge is 0.378 e.